The molecule has 1 aliphatic rings. The first-order valence-electron chi connectivity index (χ1n) is 9.98. The Morgan fingerprint density at radius 2 is 1.91 bits per heavy atom. The number of piperazine rings is 1. The molecule has 0 saturated carbocycles. The number of amides is 3. The first kappa shape index (κ1) is 23.4. The van der Waals surface area contributed by atoms with Gasteiger partial charge < -0.3 is 20.3 Å². The number of carbonyl (C=O) groups excluding carboxylic acids is 2. The van der Waals surface area contributed by atoms with Crippen molar-refractivity contribution >= 4 is 17.6 Å². The minimum Gasteiger partial charge on any atom is -0.479 e. The first-order chi connectivity index (χ1) is 15.2. The van der Waals surface area contributed by atoms with Crippen LogP contribution in [-0.2, 0) is 13.2 Å². The number of hydrogen-bond acceptors (Lipinski definition) is 5. The zero-order chi connectivity index (χ0) is 23.3. The van der Waals surface area contributed by atoms with E-state index in [2.05, 4.69) is 20.6 Å². The molecule has 32 heavy (non-hydrogen) atoms. The van der Waals surface area contributed by atoms with Crippen LogP contribution in [0.2, 0.25) is 0 Å². The molecule has 0 unspecified atom stereocenters. The maximum Gasteiger partial charge on any atom is 0.416 e. The number of alkyl halides is 3. The molecule has 0 atom stereocenters. The number of rotatable bonds is 6. The maximum absolute atomic E-state index is 12.8. The van der Waals surface area contributed by atoms with Crippen molar-refractivity contribution in [3.05, 3.63) is 41.6 Å². The highest BCUT2D eigenvalue weighted by atomic mass is 19.4. The molecule has 1 aromatic heterocycles. The van der Waals surface area contributed by atoms with Crippen molar-refractivity contribution in [2.24, 2.45) is 7.05 Å². The molecule has 0 aliphatic carbocycles. The molecule has 2 N–H and O–H groups in total. The molecule has 1 saturated heterocycles. The summed E-state index contributed by atoms with van der Waals surface area (Å²) in [6.07, 6.45) is -2.85. The molecule has 1 aliphatic heterocycles. The molecule has 3 amide bonds. The highest BCUT2D eigenvalue weighted by Gasteiger charge is 2.30. The third-order valence-corrected chi connectivity index (χ3v) is 5.04. The van der Waals surface area contributed by atoms with Crippen molar-refractivity contribution in [1.82, 2.24) is 24.9 Å². The molecule has 12 heteroatoms. The van der Waals surface area contributed by atoms with Gasteiger partial charge in [-0.1, -0.05) is 6.07 Å². The molecule has 3 rings (SSSR count). The van der Waals surface area contributed by atoms with E-state index in [0.29, 0.717) is 44.8 Å². The molecule has 2 aromatic rings. The Bertz CT molecular complexity index is 954. The van der Waals surface area contributed by atoms with Gasteiger partial charge in [0.15, 0.2) is 0 Å². The zero-order valence-electron chi connectivity index (χ0n) is 17.8. The second kappa shape index (κ2) is 9.90. The lowest BCUT2D eigenvalue weighted by atomic mass is 10.2. The number of benzene rings is 1. The molecule has 0 spiro atoms. The lowest BCUT2D eigenvalue weighted by Gasteiger charge is -2.34. The van der Waals surface area contributed by atoms with Crippen molar-refractivity contribution in [3.8, 4) is 5.88 Å². The van der Waals surface area contributed by atoms with Crippen LogP contribution < -0.4 is 15.4 Å². The predicted molar refractivity (Wildman–Crippen MR) is 111 cm³/mol. The highest BCUT2D eigenvalue weighted by Crippen LogP contribution is 2.30. The van der Waals surface area contributed by atoms with Crippen molar-refractivity contribution < 1.29 is 27.5 Å². The van der Waals surface area contributed by atoms with Gasteiger partial charge in [0, 0.05) is 58.2 Å². The SMILES string of the molecule is COc1nn(C)cc1C(=O)N1CCN(CCNC(=O)Nc2cccc(C(F)(F)F)c2)CC1. The lowest BCUT2D eigenvalue weighted by Crippen LogP contribution is -2.50. The van der Waals surface area contributed by atoms with Gasteiger partial charge in [0.2, 0.25) is 5.88 Å². The average Bonchev–Trinajstić information content (AvgIpc) is 3.14. The van der Waals surface area contributed by atoms with Crippen LogP contribution in [0.3, 0.4) is 0 Å². The van der Waals surface area contributed by atoms with Crippen molar-refractivity contribution in [1.29, 1.82) is 0 Å². The topological polar surface area (TPSA) is 91.7 Å². The maximum atomic E-state index is 12.8. The van der Waals surface area contributed by atoms with Crippen molar-refractivity contribution in [2.75, 3.05) is 51.7 Å². The van der Waals surface area contributed by atoms with E-state index in [-0.39, 0.29) is 17.5 Å². The summed E-state index contributed by atoms with van der Waals surface area (Å²) in [7, 11) is 3.18. The number of ether oxygens (including phenoxy) is 1. The number of aryl methyl sites for hydroxylation is 1. The number of urea groups is 1. The number of hydrogen-bond donors (Lipinski definition) is 2. The summed E-state index contributed by atoms with van der Waals surface area (Å²) in [5.41, 5.74) is -0.349. The summed E-state index contributed by atoms with van der Waals surface area (Å²) in [5, 5.41) is 9.14. The summed E-state index contributed by atoms with van der Waals surface area (Å²) in [6, 6.07) is 3.87. The number of carbonyl (C=O) groups is 2. The number of methoxy groups -OCH3 is 1. The number of anilines is 1. The van der Waals surface area contributed by atoms with Crippen LogP contribution in [0.25, 0.3) is 0 Å². The quantitative estimate of drug-likeness (QED) is 0.697. The summed E-state index contributed by atoms with van der Waals surface area (Å²) < 4.78 is 44.9. The van der Waals surface area contributed by atoms with Gasteiger partial charge in [-0.2, -0.15) is 13.2 Å². The molecule has 2 heterocycles. The predicted octanol–water partition coefficient (Wildman–Crippen LogP) is 2.03. The van der Waals surface area contributed by atoms with E-state index in [9.17, 15) is 22.8 Å². The Morgan fingerprint density at radius 1 is 1.19 bits per heavy atom. The highest BCUT2D eigenvalue weighted by molar-refractivity contribution is 5.96. The molecule has 9 nitrogen and oxygen atoms in total. The van der Waals surface area contributed by atoms with Crippen LogP contribution >= 0.6 is 0 Å². The van der Waals surface area contributed by atoms with Crippen LogP contribution in [0, 0.1) is 0 Å². The molecule has 1 fully saturated rings. The average molecular weight is 454 g/mol. The van der Waals surface area contributed by atoms with Crippen LogP contribution in [-0.4, -0.2) is 77.9 Å². The summed E-state index contributed by atoms with van der Waals surface area (Å²) in [6.45, 7) is 3.17. The minimum atomic E-state index is -4.47. The Morgan fingerprint density at radius 3 is 2.56 bits per heavy atom. The monoisotopic (exact) mass is 454 g/mol. The fourth-order valence-corrected chi connectivity index (χ4v) is 3.39. The van der Waals surface area contributed by atoms with E-state index in [4.69, 9.17) is 4.74 Å². The van der Waals surface area contributed by atoms with Crippen molar-refractivity contribution in [2.45, 2.75) is 6.18 Å². The Labute approximate surface area is 183 Å². The Balaban J connectivity index is 1.41. The molecule has 0 bridgehead atoms. The van der Waals surface area contributed by atoms with E-state index in [1.165, 1.54) is 23.9 Å². The molecular weight excluding hydrogens is 429 g/mol. The molecule has 174 valence electrons. The van der Waals surface area contributed by atoms with Gasteiger partial charge in [0.25, 0.3) is 5.91 Å². The second-order valence-corrected chi connectivity index (χ2v) is 7.32. The van der Waals surface area contributed by atoms with Crippen molar-refractivity contribution in [3.63, 3.8) is 0 Å². The van der Waals surface area contributed by atoms with Crippen LogP contribution in [0.15, 0.2) is 30.5 Å². The molecule has 0 radical (unpaired) electrons. The number of nitrogens with one attached hydrogen (secondary N) is 2. The van der Waals surface area contributed by atoms with E-state index in [1.807, 2.05) is 0 Å². The number of nitrogens with zero attached hydrogens (tertiary/aromatic N) is 4. The summed E-state index contributed by atoms with van der Waals surface area (Å²) in [5.74, 6) is 0.143. The number of halogens is 3. The fourth-order valence-electron chi connectivity index (χ4n) is 3.39. The van der Waals surface area contributed by atoms with Crippen LogP contribution in [0.4, 0.5) is 23.7 Å². The van der Waals surface area contributed by atoms with Gasteiger partial charge in [0.1, 0.15) is 5.56 Å². The third-order valence-electron chi connectivity index (χ3n) is 5.04. The number of aromatic nitrogens is 2. The first-order valence-corrected chi connectivity index (χ1v) is 9.98. The zero-order valence-corrected chi connectivity index (χ0v) is 17.8. The smallest absolute Gasteiger partial charge is 0.416 e. The van der Waals surface area contributed by atoms with Crippen LogP contribution in [0.5, 0.6) is 5.88 Å². The molecular formula is C20H25F3N6O3. The van der Waals surface area contributed by atoms with E-state index in [0.717, 1.165) is 12.1 Å². The van der Waals surface area contributed by atoms with E-state index >= 15 is 0 Å². The minimum absolute atomic E-state index is 0.0651. The largest absolute Gasteiger partial charge is 0.479 e. The standard InChI is InChI=1S/C20H25F3N6O3/c1-27-13-16(17(26-27)32-2)18(30)29-10-8-28(9-11-29)7-6-24-19(31)25-15-5-3-4-14(12-15)20(21,22)23/h3-5,12-13H,6-11H2,1-2H3,(H2,24,25,31). The van der Waals surface area contributed by atoms with Gasteiger partial charge in [-0.05, 0) is 18.2 Å². The third kappa shape index (κ3) is 5.90. The van der Waals surface area contributed by atoms with Gasteiger partial charge in [-0.3, -0.25) is 14.4 Å². The van der Waals surface area contributed by atoms with Gasteiger partial charge in [-0.15, -0.1) is 5.10 Å². The summed E-state index contributed by atoms with van der Waals surface area (Å²) >= 11 is 0. The van der Waals surface area contributed by atoms with E-state index in [1.54, 1.807) is 18.1 Å². The van der Waals surface area contributed by atoms with Gasteiger partial charge in [0.05, 0.1) is 12.7 Å². The Kier molecular flexibility index (Phi) is 7.23. The van der Waals surface area contributed by atoms with Gasteiger partial charge >= 0.3 is 12.2 Å². The van der Waals surface area contributed by atoms with Crippen LogP contribution in [0.1, 0.15) is 15.9 Å². The second-order valence-electron chi connectivity index (χ2n) is 7.32. The van der Waals surface area contributed by atoms with E-state index < -0.39 is 17.8 Å². The molecule has 1 aromatic carbocycles. The fraction of sp³-hybridized carbons (Fsp3) is 0.450. The Hall–Kier alpha value is -3.28. The normalized spacial score (nSPS) is 14.8. The van der Waals surface area contributed by atoms with Gasteiger partial charge in [-0.25, -0.2) is 4.79 Å². The lowest BCUT2D eigenvalue weighted by molar-refractivity contribution is -0.137. The summed E-state index contributed by atoms with van der Waals surface area (Å²) in [4.78, 5) is 28.5.